The van der Waals surface area contributed by atoms with E-state index in [2.05, 4.69) is 10.3 Å². The number of hydrogen-bond acceptors (Lipinski definition) is 3. The van der Waals surface area contributed by atoms with Crippen molar-refractivity contribution in [1.29, 1.82) is 0 Å². The predicted molar refractivity (Wildman–Crippen MR) is 92.8 cm³/mol. The Labute approximate surface area is 147 Å². The molecule has 0 bridgehead atoms. The van der Waals surface area contributed by atoms with Crippen LogP contribution in [0, 0.1) is 5.92 Å². The highest BCUT2D eigenvalue weighted by molar-refractivity contribution is 7.89. The molecule has 7 heteroatoms. The Hall–Kier alpha value is -2.25. The first-order valence-electron chi connectivity index (χ1n) is 8.36. The highest BCUT2D eigenvalue weighted by Gasteiger charge is 2.31. The van der Waals surface area contributed by atoms with E-state index in [1.807, 2.05) is 24.4 Å². The van der Waals surface area contributed by atoms with Gasteiger partial charge in [0.25, 0.3) is 0 Å². The zero-order valence-corrected chi connectivity index (χ0v) is 14.7. The van der Waals surface area contributed by atoms with Gasteiger partial charge >= 0.3 is 0 Å². The van der Waals surface area contributed by atoms with E-state index in [1.165, 1.54) is 4.31 Å². The molecule has 0 unspecified atom stereocenters. The van der Waals surface area contributed by atoms with Crippen LogP contribution in [-0.4, -0.2) is 31.7 Å². The second kappa shape index (κ2) is 7.76. The van der Waals surface area contributed by atoms with E-state index in [1.54, 1.807) is 30.3 Å². The Kier molecular flexibility index (Phi) is 5.45. The molecule has 0 radical (unpaired) electrons. The van der Waals surface area contributed by atoms with Crippen LogP contribution in [0.5, 0.6) is 0 Å². The average Bonchev–Trinajstić information content (AvgIpc) is 2.68. The molecule has 0 aliphatic carbocycles. The number of piperidine rings is 1. The number of benzene rings is 1. The third kappa shape index (κ3) is 4.24. The number of sulfonamides is 1. The highest BCUT2D eigenvalue weighted by atomic mass is 32.2. The number of amides is 1. The zero-order valence-electron chi connectivity index (χ0n) is 13.9. The number of carbonyl (C=O) groups is 1. The van der Waals surface area contributed by atoms with E-state index in [-0.39, 0.29) is 11.8 Å². The second-order valence-electron chi connectivity index (χ2n) is 6.10. The Bertz CT molecular complexity index is 802. The Morgan fingerprint density at radius 3 is 2.40 bits per heavy atom. The van der Waals surface area contributed by atoms with Crippen molar-refractivity contribution in [2.45, 2.75) is 24.3 Å². The molecule has 1 aliphatic rings. The fourth-order valence-electron chi connectivity index (χ4n) is 2.97. The predicted octanol–water partition coefficient (Wildman–Crippen LogP) is 1.22. The lowest BCUT2D eigenvalue weighted by Gasteiger charge is -2.30. The second-order valence-corrected chi connectivity index (χ2v) is 8.03. The van der Waals surface area contributed by atoms with Crippen LogP contribution in [0.2, 0.25) is 0 Å². The molecule has 2 N–H and O–H groups in total. The first-order chi connectivity index (χ1) is 12.1. The van der Waals surface area contributed by atoms with E-state index in [4.69, 9.17) is 0 Å². The summed E-state index contributed by atoms with van der Waals surface area (Å²) in [5, 5.41) is 2.92. The minimum absolute atomic E-state index is 0.0194. The van der Waals surface area contributed by atoms with Crippen molar-refractivity contribution in [1.82, 2.24) is 9.62 Å². The Morgan fingerprint density at radius 1 is 1.08 bits per heavy atom. The van der Waals surface area contributed by atoms with Crippen molar-refractivity contribution in [3.05, 3.63) is 60.4 Å². The molecule has 2 heterocycles. The minimum Gasteiger partial charge on any atom is -0.346 e. The number of aromatic amines is 1. The van der Waals surface area contributed by atoms with Crippen LogP contribution in [0.15, 0.2) is 59.6 Å². The number of H-pyrrole nitrogens is 1. The molecule has 1 fully saturated rings. The standard InChI is InChI=1S/C18H21N3O3S/c22-18(20-14-16-6-4-5-11-19-16)15-9-12-21(13-10-15)25(23,24)17-7-2-1-3-8-17/h1-8,11,15H,9-10,12-14H2,(H,20,22)/p+1. The quantitative estimate of drug-likeness (QED) is 0.870. The molecule has 6 nitrogen and oxygen atoms in total. The molecule has 2 aromatic rings. The third-order valence-electron chi connectivity index (χ3n) is 4.43. The first-order valence-corrected chi connectivity index (χ1v) is 9.80. The largest absolute Gasteiger partial charge is 0.346 e. The van der Waals surface area contributed by atoms with Crippen molar-refractivity contribution in [2.24, 2.45) is 5.92 Å². The molecule has 3 rings (SSSR count). The number of nitrogens with one attached hydrogen (secondary N) is 2. The van der Waals surface area contributed by atoms with Crippen LogP contribution in [0.25, 0.3) is 0 Å². The number of nitrogens with zero attached hydrogens (tertiary/aromatic N) is 1. The van der Waals surface area contributed by atoms with Gasteiger partial charge in [-0.15, -0.1) is 0 Å². The number of rotatable bonds is 5. The summed E-state index contributed by atoms with van der Waals surface area (Å²) in [4.78, 5) is 15.7. The average molecular weight is 360 g/mol. The van der Waals surface area contributed by atoms with Crippen LogP contribution < -0.4 is 10.3 Å². The minimum atomic E-state index is -3.47. The summed E-state index contributed by atoms with van der Waals surface area (Å²) in [6, 6.07) is 14.1. The van der Waals surface area contributed by atoms with Crippen LogP contribution in [0.4, 0.5) is 0 Å². The maximum Gasteiger partial charge on any atom is 0.243 e. The molecule has 0 saturated carbocycles. The van der Waals surface area contributed by atoms with Crippen molar-refractivity contribution < 1.29 is 18.2 Å². The smallest absolute Gasteiger partial charge is 0.243 e. The number of carbonyl (C=O) groups excluding carboxylic acids is 1. The maximum absolute atomic E-state index is 12.6. The van der Waals surface area contributed by atoms with E-state index in [0.29, 0.717) is 37.4 Å². The molecule has 0 atom stereocenters. The van der Waals surface area contributed by atoms with Crippen LogP contribution in [-0.2, 0) is 21.4 Å². The SMILES string of the molecule is O=C(NCc1cccc[nH+]1)C1CCN(S(=O)(=O)c2ccccc2)CC1. The summed E-state index contributed by atoms with van der Waals surface area (Å²) < 4.78 is 26.7. The Balaban J connectivity index is 1.54. The molecule has 1 amide bonds. The molecule has 1 saturated heterocycles. The number of aromatic nitrogens is 1. The molecular formula is C18H22N3O3S+. The summed E-state index contributed by atoms with van der Waals surface area (Å²) in [6.07, 6.45) is 2.89. The normalized spacial score (nSPS) is 16.5. The van der Waals surface area contributed by atoms with Gasteiger partial charge in [-0.25, -0.2) is 13.4 Å². The van der Waals surface area contributed by atoms with Gasteiger partial charge in [0.2, 0.25) is 15.9 Å². The molecule has 0 spiro atoms. The van der Waals surface area contributed by atoms with Gasteiger partial charge in [0.05, 0.1) is 4.90 Å². The fraction of sp³-hybridized carbons (Fsp3) is 0.333. The lowest BCUT2D eigenvalue weighted by molar-refractivity contribution is -0.390. The fourth-order valence-corrected chi connectivity index (χ4v) is 4.46. The van der Waals surface area contributed by atoms with Gasteiger partial charge in [-0.2, -0.15) is 4.31 Å². The van der Waals surface area contributed by atoms with Gasteiger partial charge in [0.1, 0.15) is 6.54 Å². The van der Waals surface area contributed by atoms with Crippen LogP contribution in [0.3, 0.4) is 0 Å². The zero-order chi connectivity index (χ0) is 17.7. The van der Waals surface area contributed by atoms with Crippen molar-refractivity contribution >= 4 is 15.9 Å². The van der Waals surface area contributed by atoms with Crippen LogP contribution in [0.1, 0.15) is 18.5 Å². The van der Waals surface area contributed by atoms with E-state index in [9.17, 15) is 13.2 Å². The molecule has 1 aliphatic heterocycles. The van der Waals surface area contributed by atoms with Crippen molar-refractivity contribution in [2.75, 3.05) is 13.1 Å². The van der Waals surface area contributed by atoms with E-state index >= 15 is 0 Å². The maximum atomic E-state index is 12.6. The van der Waals surface area contributed by atoms with Gasteiger partial charge in [0, 0.05) is 31.1 Å². The molecule has 132 valence electrons. The Morgan fingerprint density at radius 2 is 1.76 bits per heavy atom. The van der Waals surface area contributed by atoms with E-state index in [0.717, 1.165) is 5.69 Å². The molecular weight excluding hydrogens is 338 g/mol. The summed E-state index contributed by atoms with van der Waals surface area (Å²) in [7, 11) is -3.47. The lowest BCUT2D eigenvalue weighted by atomic mass is 9.97. The molecule has 1 aromatic heterocycles. The van der Waals surface area contributed by atoms with E-state index < -0.39 is 10.0 Å². The van der Waals surface area contributed by atoms with Gasteiger partial charge < -0.3 is 5.32 Å². The number of pyridine rings is 1. The summed E-state index contributed by atoms with van der Waals surface area (Å²) in [6.45, 7) is 1.18. The molecule has 1 aromatic carbocycles. The van der Waals surface area contributed by atoms with Gasteiger partial charge in [-0.1, -0.05) is 24.3 Å². The van der Waals surface area contributed by atoms with Crippen molar-refractivity contribution in [3.63, 3.8) is 0 Å². The first kappa shape index (κ1) is 17.6. The van der Waals surface area contributed by atoms with Crippen molar-refractivity contribution in [3.8, 4) is 0 Å². The van der Waals surface area contributed by atoms with Crippen LogP contribution >= 0.6 is 0 Å². The summed E-state index contributed by atoms with van der Waals surface area (Å²) in [5.41, 5.74) is 0.931. The summed E-state index contributed by atoms with van der Waals surface area (Å²) >= 11 is 0. The lowest BCUT2D eigenvalue weighted by Crippen LogP contribution is -2.43. The van der Waals surface area contributed by atoms with Gasteiger partial charge in [0.15, 0.2) is 11.9 Å². The summed E-state index contributed by atoms with van der Waals surface area (Å²) in [5.74, 6) is -0.167. The topological polar surface area (TPSA) is 80.6 Å². The third-order valence-corrected chi connectivity index (χ3v) is 6.35. The monoisotopic (exact) mass is 360 g/mol. The van der Waals surface area contributed by atoms with Gasteiger partial charge in [-0.05, 0) is 25.0 Å². The number of hydrogen-bond donors (Lipinski definition) is 1. The van der Waals surface area contributed by atoms with Gasteiger partial charge in [-0.3, -0.25) is 4.79 Å². The molecule has 25 heavy (non-hydrogen) atoms. The highest BCUT2D eigenvalue weighted by Crippen LogP contribution is 2.23.